The van der Waals surface area contributed by atoms with Crippen LogP contribution in [0.1, 0.15) is 70.8 Å². The number of hydrogen-bond donors (Lipinski definition) is 1. The Morgan fingerprint density at radius 1 is 1.05 bits per heavy atom. The summed E-state index contributed by atoms with van der Waals surface area (Å²) in [6.45, 7) is 9.82. The van der Waals surface area contributed by atoms with Gasteiger partial charge in [0.15, 0.2) is 23.0 Å². The third-order valence-corrected chi connectivity index (χ3v) is 6.86. The molecular weight excluding hydrogens is 517 g/mol. The van der Waals surface area contributed by atoms with Gasteiger partial charge in [-0.2, -0.15) is 0 Å². The number of esters is 1. The summed E-state index contributed by atoms with van der Waals surface area (Å²) in [6, 6.07) is 6.45. The number of aromatic hydroxyl groups is 1. The summed E-state index contributed by atoms with van der Waals surface area (Å²) in [6.07, 6.45) is 2.20. The van der Waals surface area contributed by atoms with Crippen molar-refractivity contribution in [1.29, 1.82) is 0 Å². The molecule has 2 aromatic rings. The molecule has 0 radical (unpaired) electrons. The Hall–Kier alpha value is -2.51. The SMILES string of the molecule is CCC(CC)[C@H](Oc1ccc(Cl)cc1Cl)[C@H](C)OC(=O)[C@@H](CC(=O)c1nccc(OC)c1O)CC(C)C. The van der Waals surface area contributed by atoms with E-state index in [2.05, 4.69) is 18.8 Å². The second kappa shape index (κ2) is 14.4. The van der Waals surface area contributed by atoms with E-state index < -0.39 is 29.9 Å². The van der Waals surface area contributed by atoms with Crippen LogP contribution in [0.15, 0.2) is 30.5 Å². The number of rotatable bonds is 14. The van der Waals surface area contributed by atoms with Crippen molar-refractivity contribution >= 4 is 35.0 Å². The lowest BCUT2D eigenvalue weighted by atomic mass is 9.90. The molecule has 2 rings (SSSR count). The second-order valence-electron chi connectivity index (χ2n) is 9.54. The quantitative estimate of drug-likeness (QED) is 0.196. The van der Waals surface area contributed by atoms with Crippen molar-refractivity contribution in [3.8, 4) is 17.2 Å². The molecule has 7 nitrogen and oxygen atoms in total. The molecule has 0 aliphatic carbocycles. The fraction of sp³-hybridized carbons (Fsp3) is 0.536. The number of benzene rings is 1. The van der Waals surface area contributed by atoms with Gasteiger partial charge in [0.25, 0.3) is 0 Å². The first-order valence-electron chi connectivity index (χ1n) is 12.6. The Morgan fingerprint density at radius 2 is 1.73 bits per heavy atom. The smallest absolute Gasteiger partial charge is 0.309 e. The predicted octanol–water partition coefficient (Wildman–Crippen LogP) is 7.15. The second-order valence-corrected chi connectivity index (χ2v) is 10.4. The Morgan fingerprint density at radius 3 is 2.30 bits per heavy atom. The van der Waals surface area contributed by atoms with Crippen LogP contribution in [0.5, 0.6) is 17.2 Å². The van der Waals surface area contributed by atoms with Crippen molar-refractivity contribution in [3.63, 3.8) is 0 Å². The van der Waals surface area contributed by atoms with Crippen molar-refractivity contribution in [1.82, 2.24) is 4.98 Å². The zero-order valence-electron chi connectivity index (χ0n) is 22.3. The summed E-state index contributed by atoms with van der Waals surface area (Å²) in [5.41, 5.74) is -0.135. The first-order chi connectivity index (χ1) is 17.5. The van der Waals surface area contributed by atoms with E-state index in [1.807, 2.05) is 13.8 Å². The Labute approximate surface area is 229 Å². The minimum Gasteiger partial charge on any atom is -0.503 e. The van der Waals surface area contributed by atoms with Crippen molar-refractivity contribution in [2.45, 2.75) is 72.5 Å². The van der Waals surface area contributed by atoms with E-state index in [1.54, 1.807) is 25.1 Å². The van der Waals surface area contributed by atoms with Gasteiger partial charge in [-0.15, -0.1) is 0 Å². The summed E-state index contributed by atoms with van der Waals surface area (Å²) in [7, 11) is 1.39. The topological polar surface area (TPSA) is 95.0 Å². The van der Waals surface area contributed by atoms with Gasteiger partial charge in [0.2, 0.25) is 0 Å². The molecule has 0 unspecified atom stereocenters. The van der Waals surface area contributed by atoms with Crippen LogP contribution in [0.2, 0.25) is 10.0 Å². The van der Waals surface area contributed by atoms with Gasteiger partial charge in [0.05, 0.1) is 18.1 Å². The highest BCUT2D eigenvalue weighted by Gasteiger charge is 2.34. The van der Waals surface area contributed by atoms with Crippen molar-refractivity contribution in [2.75, 3.05) is 7.11 Å². The van der Waals surface area contributed by atoms with Crippen LogP contribution in [0, 0.1) is 17.8 Å². The molecule has 0 bridgehead atoms. The molecule has 0 saturated heterocycles. The molecule has 204 valence electrons. The van der Waals surface area contributed by atoms with E-state index in [-0.39, 0.29) is 35.4 Å². The molecular formula is C28H37Cl2NO6. The van der Waals surface area contributed by atoms with Gasteiger partial charge >= 0.3 is 5.97 Å². The number of aromatic nitrogens is 1. The van der Waals surface area contributed by atoms with E-state index in [0.717, 1.165) is 12.8 Å². The molecule has 3 atom stereocenters. The van der Waals surface area contributed by atoms with Crippen molar-refractivity contribution in [2.24, 2.45) is 17.8 Å². The lowest BCUT2D eigenvalue weighted by Gasteiger charge is -2.32. The third kappa shape index (κ3) is 8.50. The molecule has 0 fully saturated rings. The van der Waals surface area contributed by atoms with Crippen molar-refractivity contribution in [3.05, 3.63) is 46.2 Å². The predicted molar refractivity (Wildman–Crippen MR) is 145 cm³/mol. The van der Waals surface area contributed by atoms with E-state index in [0.29, 0.717) is 22.2 Å². The van der Waals surface area contributed by atoms with Crippen LogP contribution >= 0.6 is 23.2 Å². The monoisotopic (exact) mass is 553 g/mol. The molecule has 0 aliphatic heterocycles. The zero-order chi connectivity index (χ0) is 27.7. The lowest BCUT2D eigenvalue weighted by Crippen LogP contribution is -2.41. The summed E-state index contributed by atoms with van der Waals surface area (Å²) in [4.78, 5) is 30.4. The lowest BCUT2D eigenvalue weighted by molar-refractivity contribution is -0.160. The first-order valence-corrected chi connectivity index (χ1v) is 13.3. The molecule has 0 amide bonds. The Kier molecular flexibility index (Phi) is 12.0. The number of nitrogens with zero attached hydrogens (tertiary/aromatic N) is 1. The maximum absolute atomic E-state index is 13.4. The molecule has 0 saturated carbocycles. The minimum atomic E-state index is -0.719. The highest BCUT2D eigenvalue weighted by molar-refractivity contribution is 6.35. The van der Waals surface area contributed by atoms with Crippen LogP contribution in [0.4, 0.5) is 0 Å². The average Bonchev–Trinajstić information content (AvgIpc) is 2.84. The van der Waals surface area contributed by atoms with E-state index in [1.165, 1.54) is 19.4 Å². The van der Waals surface area contributed by atoms with Crippen LogP contribution in [-0.2, 0) is 9.53 Å². The number of Topliss-reactive ketones (excluding diaryl/α,β-unsaturated/α-hetero) is 1. The fourth-order valence-corrected chi connectivity index (χ4v) is 4.80. The molecule has 1 heterocycles. The number of carbonyl (C=O) groups excluding carboxylic acids is 2. The number of hydrogen-bond acceptors (Lipinski definition) is 7. The van der Waals surface area contributed by atoms with Gasteiger partial charge in [-0.25, -0.2) is 4.98 Å². The van der Waals surface area contributed by atoms with E-state index in [4.69, 9.17) is 37.4 Å². The molecule has 1 aromatic carbocycles. The van der Waals surface area contributed by atoms with Crippen LogP contribution in [-0.4, -0.2) is 41.2 Å². The Balaban J connectivity index is 2.25. The maximum atomic E-state index is 13.4. The van der Waals surface area contributed by atoms with Crippen LogP contribution in [0.25, 0.3) is 0 Å². The van der Waals surface area contributed by atoms with Gasteiger partial charge in [0.1, 0.15) is 18.0 Å². The van der Waals surface area contributed by atoms with Gasteiger partial charge in [-0.3, -0.25) is 9.59 Å². The van der Waals surface area contributed by atoms with E-state index in [9.17, 15) is 14.7 Å². The summed E-state index contributed by atoms with van der Waals surface area (Å²) in [5.74, 6) is -1.21. The highest BCUT2D eigenvalue weighted by Crippen LogP contribution is 2.33. The number of methoxy groups -OCH3 is 1. The largest absolute Gasteiger partial charge is 0.503 e. The molecule has 0 aliphatic rings. The van der Waals surface area contributed by atoms with Crippen LogP contribution in [0.3, 0.4) is 0 Å². The number of carbonyl (C=O) groups is 2. The maximum Gasteiger partial charge on any atom is 0.309 e. The van der Waals surface area contributed by atoms with Crippen molar-refractivity contribution < 1.29 is 28.9 Å². The fourth-order valence-electron chi connectivity index (χ4n) is 4.35. The summed E-state index contributed by atoms with van der Waals surface area (Å²) >= 11 is 12.4. The highest BCUT2D eigenvalue weighted by atomic mass is 35.5. The molecule has 1 N–H and O–H groups in total. The van der Waals surface area contributed by atoms with Gasteiger partial charge in [0, 0.05) is 23.7 Å². The number of halogens is 2. The molecule has 9 heteroatoms. The Bertz CT molecular complexity index is 1060. The van der Waals surface area contributed by atoms with Gasteiger partial charge in [-0.05, 0) is 56.2 Å². The standard InChI is InChI=1S/C28H37Cl2NO6/c1-7-18(8-2)27(37-23-10-9-20(29)15-21(23)30)17(5)36-28(34)19(13-16(3)4)14-22(32)25-26(33)24(35-6)11-12-31-25/h9-12,15-19,27,33H,7-8,13-14H2,1-6H3/t17-,19+,27+/m0/s1. The van der Waals surface area contributed by atoms with Gasteiger partial charge < -0.3 is 19.3 Å². The molecule has 1 aromatic heterocycles. The summed E-state index contributed by atoms with van der Waals surface area (Å²) < 4.78 is 17.3. The van der Waals surface area contributed by atoms with Crippen LogP contribution < -0.4 is 9.47 Å². The summed E-state index contributed by atoms with van der Waals surface area (Å²) in [5, 5.41) is 11.2. The average molecular weight is 555 g/mol. The number of pyridine rings is 1. The third-order valence-electron chi connectivity index (χ3n) is 6.33. The zero-order valence-corrected chi connectivity index (χ0v) is 23.8. The molecule has 37 heavy (non-hydrogen) atoms. The first kappa shape index (κ1) is 30.7. The molecule has 0 spiro atoms. The normalized spacial score (nSPS) is 13.8. The van der Waals surface area contributed by atoms with E-state index >= 15 is 0 Å². The number of ketones is 1. The number of ether oxygens (including phenoxy) is 3. The minimum absolute atomic E-state index is 0.0951. The van der Waals surface area contributed by atoms with Gasteiger partial charge in [-0.1, -0.05) is 50.9 Å².